The third-order valence-electron chi connectivity index (χ3n) is 2.67. The Kier molecular flexibility index (Phi) is 4.82. The van der Waals surface area contributed by atoms with Gasteiger partial charge in [0.1, 0.15) is 10.7 Å². The van der Waals surface area contributed by atoms with Crippen LogP contribution in [0.15, 0.2) is 42.5 Å². The van der Waals surface area contributed by atoms with Crippen LogP contribution in [-0.4, -0.2) is 11.6 Å². The summed E-state index contributed by atoms with van der Waals surface area (Å²) in [6.45, 7) is 2.58. The topological polar surface area (TPSA) is 47.3 Å². The highest BCUT2D eigenvalue weighted by Crippen LogP contribution is 2.26. The maximum Gasteiger partial charge on any atom is 0.121 e. The molecule has 0 amide bonds. The van der Waals surface area contributed by atoms with E-state index in [4.69, 9.17) is 34.3 Å². The largest absolute Gasteiger partial charge is 0.494 e. The second-order valence-electron chi connectivity index (χ2n) is 4.14. The summed E-state index contributed by atoms with van der Waals surface area (Å²) >= 11 is 11.0. The van der Waals surface area contributed by atoms with Gasteiger partial charge >= 0.3 is 0 Å². The molecule has 0 unspecified atom stereocenters. The number of ether oxygens (including phenoxy) is 1. The Morgan fingerprint density at radius 2 is 2.10 bits per heavy atom. The highest BCUT2D eigenvalue weighted by atomic mass is 35.5. The second-order valence-corrected chi connectivity index (χ2v) is 5.02. The summed E-state index contributed by atoms with van der Waals surface area (Å²) in [5.74, 6) is 0.809. The summed E-state index contributed by atoms with van der Waals surface area (Å²) in [5.41, 5.74) is 8.15. The summed E-state index contributed by atoms with van der Waals surface area (Å²) in [6.07, 6.45) is 0. The fourth-order valence-electron chi connectivity index (χ4n) is 1.82. The summed E-state index contributed by atoms with van der Waals surface area (Å²) in [4.78, 5) is 0.302. The molecule has 0 spiro atoms. The van der Waals surface area contributed by atoms with Gasteiger partial charge in [0.2, 0.25) is 0 Å². The lowest BCUT2D eigenvalue weighted by atomic mass is 10.1. The Labute approximate surface area is 128 Å². The van der Waals surface area contributed by atoms with E-state index < -0.39 is 0 Å². The van der Waals surface area contributed by atoms with Gasteiger partial charge < -0.3 is 15.8 Å². The van der Waals surface area contributed by atoms with Crippen LogP contribution in [-0.2, 0) is 0 Å². The highest BCUT2D eigenvalue weighted by molar-refractivity contribution is 7.80. The monoisotopic (exact) mass is 306 g/mol. The van der Waals surface area contributed by atoms with Gasteiger partial charge in [-0.25, -0.2) is 0 Å². The molecule has 3 N–H and O–H groups in total. The van der Waals surface area contributed by atoms with Crippen LogP contribution in [0.25, 0.3) is 0 Å². The zero-order valence-electron chi connectivity index (χ0n) is 11.0. The van der Waals surface area contributed by atoms with E-state index in [1.165, 1.54) is 0 Å². The quantitative estimate of drug-likeness (QED) is 0.816. The van der Waals surface area contributed by atoms with Gasteiger partial charge in [-0.3, -0.25) is 0 Å². The predicted octanol–water partition coefficient (Wildman–Crippen LogP) is 4.12. The summed E-state index contributed by atoms with van der Waals surface area (Å²) in [6, 6.07) is 13.1. The van der Waals surface area contributed by atoms with Crippen molar-refractivity contribution in [1.82, 2.24) is 0 Å². The molecule has 20 heavy (non-hydrogen) atoms. The van der Waals surface area contributed by atoms with Gasteiger partial charge in [0.05, 0.1) is 6.61 Å². The molecule has 3 nitrogen and oxygen atoms in total. The first-order chi connectivity index (χ1) is 9.60. The number of hydrogen-bond acceptors (Lipinski definition) is 3. The first-order valence-electron chi connectivity index (χ1n) is 6.19. The molecule has 0 atom stereocenters. The van der Waals surface area contributed by atoms with E-state index in [9.17, 15) is 0 Å². The maximum absolute atomic E-state index is 5.97. The summed E-state index contributed by atoms with van der Waals surface area (Å²) < 4.78 is 5.47. The average Bonchev–Trinajstić information content (AvgIpc) is 2.41. The molecular formula is C15H15ClN2OS. The van der Waals surface area contributed by atoms with Crippen molar-refractivity contribution < 1.29 is 4.74 Å². The van der Waals surface area contributed by atoms with Gasteiger partial charge in [0.25, 0.3) is 0 Å². The van der Waals surface area contributed by atoms with Crippen LogP contribution >= 0.6 is 23.8 Å². The number of nitrogens with two attached hydrogens (primary N) is 1. The Morgan fingerprint density at radius 1 is 1.30 bits per heavy atom. The van der Waals surface area contributed by atoms with Crippen molar-refractivity contribution in [2.45, 2.75) is 6.92 Å². The predicted molar refractivity (Wildman–Crippen MR) is 88.2 cm³/mol. The van der Waals surface area contributed by atoms with Crippen molar-refractivity contribution in [3.63, 3.8) is 0 Å². The minimum atomic E-state index is 0.302. The van der Waals surface area contributed by atoms with Crippen molar-refractivity contribution in [3.8, 4) is 5.75 Å². The van der Waals surface area contributed by atoms with Gasteiger partial charge in [-0.15, -0.1) is 0 Å². The molecule has 0 aliphatic rings. The molecule has 0 aromatic heterocycles. The zero-order valence-corrected chi connectivity index (χ0v) is 12.6. The number of rotatable bonds is 5. The molecule has 2 aromatic carbocycles. The molecule has 0 saturated heterocycles. The number of halogens is 1. The maximum atomic E-state index is 5.97. The number of hydrogen-bond donors (Lipinski definition) is 2. The molecule has 2 aromatic rings. The smallest absolute Gasteiger partial charge is 0.121 e. The van der Waals surface area contributed by atoms with Gasteiger partial charge in [-0.1, -0.05) is 29.9 Å². The van der Waals surface area contributed by atoms with E-state index in [2.05, 4.69) is 5.32 Å². The number of anilines is 2. The molecule has 0 saturated carbocycles. The fourth-order valence-corrected chi connectivity index (χ4v) is 2.16. The van der Waals surface area contributed by atoms with E-state index in [1.54, 1.807) is 12.1 Å². The molecule has 0 fully saturated rings. The lowest BCUT2D eigenvalue weighted by molar-refractivity contribution is 0.340. The molecule has 0 radical (unpaired) electrons. The van der Waals surface area contributed by atoms with Crippen LogP contribution < -0.4 is 15.8 Å². The van der Waals surface area contributed by atoms with Gasteiger partial charge in [0, 0.05) is 28.0 Å². The Bertz CT molecular complexity index is 631. The van der Waals surface area contributed by atoms with Crippen LogP contribution in [0.4, 0.5) is 11.4 Å². The van der Waals surface area contributed by atoms with Crippen LogP contribution in [0.2, 0.25) is 5.02 Å². The molecule has 0 aliphatic carbocycles. The Balaban J connectivity index is 2.30. The van der Waals surface area contributed by atoms with Crippen molar-refractivity contribution in [2.75, 3.05) is 11.9 Å². The molecule has 2 rings (SSSR count). The van der Waals surface area contributed by atoms with E-state index in [1.807, 2.05) is 37.3 Å². The van der Waals surface area contributed by atoms with Crippen LogP contribution in [0, 0.1) is 0 Å². The standard InChI is InChI=1S/C15H15ClN2OS/c1-2-19-12-5-3-4-11(9-12)18-14-7-6-10(16)8-13(14)15(17)20/h3-9,18H,2H2,1H3,(H2,17,20). The lowest BCUT2D eigenvalue weighted by Crippen LogP contribution is -2.11. The number of benzene rings is 2. The second kappa shape index (κ2) is 6.59. The van der Waals surface area contributed by atoms with Crippen LogP contribution in [0.3, 0.4) is 0 Å². The summed E-state index contributed by atoms with van der Waals surface area (Å²) in [5, 5.41) is 3.87. The minimum absolute atomic E-state index is 0.302. The van der Waals surface area contributed by atoms with Crippen molar-refractivity contribution in [2.24, 2.45) is 5.73 Å². The van der Waals surface area contributed by atoms with Gasteiger partial charge in [0.15, 0.2) is 0 Å². The first-order valence-corrected chi connectivity index (χ1v) is 6.98. The molecular weight excluding hydrogens is 292 g/mol. The SMILES string of the molecule is CCOc1cccc(Nc2ccc(Cl)cc2C(N)=S)c1. The van der Waals surface area contributed by atoms with Crippen molar-refractivity contribution >= 4 is 40.2 Å². The Hall–Kier alpha value is -1.78. The number of nitrogens with one attached hydrogen (secondary N) is 1. The first kappa shape index (κ1) is 14.6. The normalized spacial score (nSPS) is 10.1. The van der Waals surface area contributed by atoms with E-state index in [0.717, 1.165) is 17.1 Å². The lowest BCUT2D eigenvalue weighted by Gasteiger charge is -2.12. The zero-order chi connectivity index (χ0) is 14.5. The third kappa shape index (κ3) is 3.62. The van der Waals surface area contributed by atoms with Crippen LogP contribution in [0.1, 0.15) is 12.5 Å². The average molecular weight is 307 g/mol. The van der Waals surface area contributed by atoms with Gasteiger partial charge in [-0.2, -0.15) is 0 Å². The molecule has 0 heterocycles. The van der Waals surface area contributed by atoms with Crippen LogP contribution in [0.5, 0.6) is 5.75 Å². The molecule has 0 aliphatic heterocycles. The molecule has 0 bridgehead atoms. The molecule has 5 heteroatoms. The highest BCUT2D eigenvalue weighted by Gasteiger charge is 2.07. The summed E-state index contributed by atoms with van der Waals surface area (Å²) in [7, 11) is 0. The molecule has 104 valence electrons. The Morgan fingerprint density at radius 3 is 2.80 bits per heavy atom. The third-order valence-corrected chi connectivity index (χ3v) is 3.13. The van der Waals surface area contributed by atoms with E-state index >= 15 is 0 Å². The van der Waals surface area contributed by atoms with Gasteiger partial charge in [-0.05, 0) is 37.3 Å². The van der Waals surface area contributed by atoms with Crippen molar-refractivity contribution in [3.05, 3.63) is 53.1 Å². The van der Waals surface area contributed by atoms with E-state index in [0.29, 0.717) is 22.2 Å². The fraction of sp³-hybridized carbons (Fsp3) is 0.133. The van der Waals surface area contributed by atoms with E-state index in [-0.39, 0.29) is 0 Å². The minimum Gasteiger partial charge on any atom is -0.494 e. The van der Waals surface area contributed by atoms with Crippen molar-refractivity contribution in [1.29, 1.82) is 0 Å². The number of thiocarbonyl (C=S) groups is 1.